The molecular weight excluding hydrogens is 169 g/mol. The number of anilines is 1. The van der Waals surface area contributed by atoms with Crippen LogP contribution in [0.2, 0.25) is 0 Å². The second-order valence-electron chi connectivity index (χ2n) is 2.41. The molecule has 13 heavy (non-hydrogen) atoms. The molecule has 0 aromatic heterocycles. The third-order valence-corrected chi connectivity index (χ3v) is 1.55. The van der Waals surface area contributed by atoms with E-state index in [-0.39, 0.29) is 5.75 Å². The van der Waals surface area contributed by atoms with Crippen molar-refractivity contribution in [3.05, 3.63) is 24.0 Å². The third kappa shape index (κ3) is 2.38. The van der Waals surface area contributed by atoms with E-state index in [0.717, 1.165) is 0 Å². The average Bonchev–Trinajstić information content (AvgIpc) is 2.15. The van der Waals surface area contributed by atoms with E-state index < -0.39 is 5.82 Å². The second kappa shape index (κ2) is 4.36. The van der Waals surface area contributed by atoms with Gasteiger partial charge in [0, 0.05) is 11.8 Å². The second-order valence-corrected chi connectivity index (χ2v) is 2.41. The van der Waals surface area contributed by atoms with Crippen LogP contribution >= 0.6 is 0 Å². The number of terminal acetylenes is 1. The Kier molecular flexibility index (Phi) is 3.15. The monoisotopic (exact) mass is 179 g/mol. The van der Waals surface area contributed by atoms with Crippen molar-refractivity contribution < 1.29 is 9.13 Å². The Morgan fingerprint density at radius 2 is 2.38 bits per heavy atom. The van der Waals surface area contributed by atoms with E-state index in [4.69, 9.17) is 11.2 Å². The zero-order valence-electron chi connectivity index (χ0n) is 7.30. The molecule has 0 aliphatic carbocycles. The van der Waals surface area contributed by atoms with Gasteiger partial charge >= 0.3 is 0 Å². The third-order valence-electron chi connectivity index (χ3n) is 1.55. The van der Waals surface area contributed by atoms with Crippen LogP contribution in [0.4, 0.5) is 10.1 Å². The maximum absolute atomic E-state index is 13.1. The fourth-order valence-corrected chi connectivity index (χ4v) is 0.929. The van der Waals surface area contributed by atoms with Crippen LogP contribution in [0.1, 0.15) is 0 Å². The van der Waals surface area contributed by atoms with Crippen LogP contribution in [0.25, 0.3) is 0 Å². The lowest BCUT2D eigenvalue weighted by atomic mass is 10.3. The summed E-state index contributed by atoms with van der Waals surface area (Å²) < 4.78 is 17.8. The zero-order chi connectivity index (χ0) is 9.68. The molecule has 0 fully saturated rings. The lowest BCUT2D eigenvalue weighted by Gasteiger charge is -2.05. The molecular formula is C10H10FNO. The Bertz CT molecular complexity index is 330. The van der Waals surface area contributed by atoms with E-state index in [0.29, 0.717) is 12.2 Å². The minimum atomic E-state index is -0.399. The number of nitrogens with one attached hydrogen (secondary N) is 1. The summed E-state index contributed by atoms with van der Waals surface area (Å²) in [5.74, 6) is 2.23. The largest absolute Gasteiger partial charge is 0.494 e. The normalized spacial score (nSPS) is 9.00. The highest BCUT2D eigenvalue weighted by molar-refractivity contribution is 5.47. The molecule has 0 amide bonds. The van der Waals surface area contributed by atoms with Crippen molar-refractivity contribution in [3.63, 3.8) is 0 Å². The summed E-state index contributed by atoms with van der Waals surface area (Å²) in [6, 6.07) is 4.60. The predicted octanol–water partition coefficient (Wildman–Crippen LogP) is 1.88. The fourth-order valence-electron chi connectivity index (χ4n) is 0.929. The van der Waals surface area contributed by atoms with E-state index in [2.05, 4.69) is 11.2 Å². The van der Waals surface area contributed by atoms with Crippen molar-refractivity contribution in [3.8, 4) is 18.1 Å². The maximum Gasteiger partial charge on any atom is 0.167 e. The van der Waals surface area contributed by atoms with Crippen LogP contribution in [-0.4, -0.2) is 13.7 Å². The van der Waals surface area contributed by atoms with Gasteiger partial charge in [-0.3, -0.25) is 0 Å². The summed E-state index contributed by atoms with van der Waals surface area (Å²) in [7, 11) is 1.42. The van der Waals surface area contributed by atoms with Gasteiger partial charge in [-0.1, -0.05) is 5.92 Å². The highest BCUT2D eigenvalue weighted by atomic mass is 19.1. The van der Waals surface area contributed by atoms with E-state index >= 15 is 0 Å². The van der Waals surface area contributed by atoms with Crippen molar-refractivity contribution >= 4 is 5.69 Å². The SMILES string of the molecule is C#CCNc1ccc(OC)c(F)c1. The summed E-state index contributed by atoms with van der Waals surface area (Å²) in [5.41, 5.74) is 0.649. The molecule has 0 spiro atoms. The number of benzene rings is 1. The Morgan fingerprint density at radius 3 is 2.92 bits per heavy atom. The number of rotatable bonds is 3. The average molecular weight is 179 g/mol. The smallest absolute Gasteiger partial charge is 0.167 e. The number of ether oxygens (including phenoxy) is 1. The summed E-state index contributed by atoms with van der Waals surface area (Å²) in [6.45, 7) is 0.381. The van der Waals surface area contributed by atoms with Crippen LogP contribution < -0.4 is 10.1 Å². The maximum atomic E-state index is 13.1. The molecule has 3 heteroatoms. The van der Waals surface area contributed by atoms with Gasteiger partial charge in [-0.25, -0.2) is 4.39 Å². The van der Waals surface area contributed by atoms with Gasteiger partial charge in [0.2, 0.25) is 0 Å². The molecule has 1 N–H and O–H groups in total. The van der Waals surface area contributed by atoms with Crippen LogP contribution in [0.3, 0.4) is 0 Å². The van der Waals surface area contributed by atoms with E-state index in [9.17, 15) is 4.39 Å². The fraction of sp³-hybridized carbons (Fsp3) is 0.200. The summed E-state index contributed by atoms with van der Waals surface area (Å²) in [6.07, 6.45) is 5.04. The van der Waals surface area contributed by atoms with Gasteiger partial charge < -0.3 is 10.1 Å². The Morgan fingerprint density at radius 1 is 1.62 bits per heavy atom. The van der Waals surface area contributed by atoms with Crippen molar-refractivity contribution in [2.75, 3.05) is 19.0 Å². The van der Waals surface area contributed by atoms with E-state index in [1.54, 1.807) is 12.1 Å². The Labute approximate surface area is 76.7 Å². The number of methoxy groups -OCH3 is 1. The van der Waals surface area contributed by atoms with Crippen LogP contribution in [0.5, 0.6) is 5.75 Å². The molecule has 0 aliphatic heterocycles. The number of hydrogen-bond acceptors (Lipinski definition) is 2. The lowest BCUT2D eigenvalue weighted by molar-refractivity contribution is 0.386. The van der Waals surface area contributed by atoms with Gasteiger partial charge in [0.25, 0.3) is 0 Å². The molecule has 0 unspecified atom stereocenters. The molecule has 0 saturated carbocycles. The van der Waals surface area contributed by atoms with Crippen LogP contribution in [0, 0.1) is 18.2 Å². The van der Waals surface area contributed by atoms with Crippen molar-refractivity contribution in [1.82, 2.24) is 0 Å². The van der Waals surface area contributed by atoms with Crippen LogP contribution in [0.15, 0.2) is 18.2 Å². The van der Waals surface area contributed by atoms with Gasteiger partial charge in [0.15, 0.2) is 11.6 Å². The molecule has 0 heterocycles. The van der Waals surface area contributed by atoms with Gasteiger partial charge in [-0.2, -0.15) is 0 Å². The standard InChI is InChI=1S/C10H10FNO/c1-3-6-12-8-4-5-10(13-2)9(11)7-8/h1,4-5,7,12H,6H2,2H3. The molecule has 0 radical (unpaired) electrons. The Hall–Kier alpha value is -1.69. The molecule has 68 valence electrons. The van der Waals surface area contributed by atoms with E-state index in [1.807, 2.05) is 0 Å². The number of hydrogen-bond donors (Lipinski definition) is 1. The number of halogens is 1. The summed E-state index contributed by atoms with van der Waals surface area (Å²) >= 11 is 0. The first kappa shape index (κ1) is 9.40. The quantitative estimate of drug-likeness (QED) is 0.715. The molecule has 0 aliphatic rings. The lowest BCUT2D eigenvalue weighted by Crippen LogP contribution is -1.99. The topological polar surface area (TPSA) is 21.3 Å². The zero-order valence-corrected chi connectivity index (χ0v) is 7.30. The summed E-state index contributed by atoms with van der Waals surface area (Å²) in [4.78, 5) is 0. The first-order valence-electron chi connectivity index (χ1n) is 3.79. The molecule has 1 aromatic rings. The first-order valence-corrected chi connectivity index (χ1v) is 3.79. The summed E-state index contributed by atoms with van der Waals surface area (Å²) in [5, 5.41) is 2.85. The first-order chi connectivity index (χ1) is 6.27. The highest BCUT2D eigenvalue weighted by Crippen LogP contribution is 2.20. The van der Waals surface area contributed by atoms with Gasteiger partial charge in [0.05, 0.1) is 13.7 Å². The van der Waals surface area contributed by atoms with Gasteiger partial charge in [0.1, 0.15) is 0 Å². The predicted molar refractivity (Wildman–Crippen MR) is 50.3 cm³/mol. The molecule has 0 saturated heterocycles. The molecule has 0 bridgehead atoms. The Balaban J connectivity index is 2.78. The molecule has 0 atom stereocenters. The van der Waals surface area contributed by atoms with Crippen LogP contribution in [-0.2, 0) is 0 Å². The molecule has 2 nitrogen and oxygen atoms in total. The highest BCUT2D eigenvalue weighted by Gasteiger charge is 2.01. The van der Waals surface area contributed by atoms with E-state index in [1.165, 1.54) is 13.2 Å². The van der Waals surface area contributed by atoms with Crippen molar-refractivity contribution in [1.29, 1.82) is 0 Å². The molecule has 1 aromatic carbocycles. The minimum absolute atomic E-state index is 0.228. The molecule has 1 rings (SSSR count). The minimum Gasteiger partial charge on any atom is -0.494 e. The van der Waals surface area contributed by atoms with Crippen molar-refractivity contribution in [2.45, 2.75) is 0 Å². The van der Waals surface area contributed by atoms with Crippen molar-refractivity contribution in [2.24, 2.45) is 0 Å². The van der Waals surface area contributed by atoms with Gasteiger partial charge in [-0.05, 0) is 12.1 Å². The van der Waals surface area contributed by atoms with Gasteiger partial charge in [-0.15, -0.1) is 6.42 Å².